The zero-order valence-corrected chi connectivity index (χ0v) is 5.84. The number of nitrogens with two attached hydrogens (primary N) is 1. The molecule has 1 aliphatic carbocycles. The van der Waals surface area contributed by atoms with Gasteiger partial charge in [-0.05, 0) is 30.9 Å². The lowest BCUT2D eigenvalue weighted by atomic mass is 10.1. The number of furan rings is 1. The zero-order chi connectivity index (χ0) is 7.03. The minimum atomic E-state index is 0.115. The topological polar surface area (TPSA) is 39.2 Å². The predicted octanol–water partition coefficient (Wildman–Crippen LogP) is 1.31. The van der Waals surface area contributed by atoms with Gasteiger partial charge in [-0.2, -0.15) is 0 Å². The Bertz CT molecular complexity index is 211. The van der Waals surface area contributed by atoms with Crippen LogP contribution in [0.1, 0.15) is 18.4 Å². The normalized spacial score (nSPS) is 20.9. The molecule has 0 aromatic carbocycles. The molecule has 2 heteroatoms. The highest BCUT2D eigenvalue weighted by Gasteiger charge is 2.38. The van der Waals surface area contributed by atoms with Crippen LogP contribution in [0, 0.1) is 0 Å². The van der Waals surface area contributed by atoms with Gasteiger partial charge in [0, 0.05) is 5.54 Å². The van der Waals surface area contributed by atoms with Crippen LogP contribution in [-0.2, 0) is 6.42 Å². The largest absolute Gasteiger partial charge is 0.472 e. The van der Waals surface area contributed by atoms with Crippen LogP contribution >= 0.6 is 0 Å². The minimum absolute atomic E-state index is 0.115. The molecule has 0 atom stereocenters. The summed E-state index contributed by atoms with van der Waals surface area (Å²) in [6, 6.07) is 1.98. The van der Waals surface area contributed by atoms with E-state index in [1.807, 2.05) is 6.07 Å². The molecule has 1 aliphatic rings. The molecule has 0 unspecified atom stereocenters. The van der Waals surface area contributed by atoms with Gasteiger partial charge in [0.05, 0.1) is 12.5 Å². The lowest BCUT2D eigenvalue weighted by Crippen LogP contribution is -2.24. The molecule has 0 aliphatic heterocycles. The first-order valence-electron chi connectivity index (χ1n) is 3.58. The van der Waals surface area contributed by atoms with Crippen molar-refractivity contribution in [2.75, 3.05) is 0 Å². The van der Waals surface area contributed by atoms with E-state index >= 15 is 0 Å². The van der Waals surface area contributed by atoms with E-state index in [0.717, 1.165) is 19.3 Å². The van der Waals surface area contributed by atoms with Crippen molar-refractivity contribution in [3.05, 3.63) is 24.2 Å². The van der Waals surface area contributed by atoms with Crippen LogP contribution in [0.15, 0.2) is 23.0 Å². The van der Waals surface area contributed by atoms with E-state index < -0.39 is 0 Å². The van der Waals surface area contributed by atoms with Gasteiger partial charge in [0.25, 0.3) is 0 Å². The van der Waals surface area contributed by atoms with E-state index in [9.17, 15) is 0 Å². The molecule has 1 fully saturated rings. The summed E-state index contributed by atoms with van der Waals surface area (Å²) in [5.74, 6) is 0. The molecule has 2 nitrogen and oxygen atoms in total. The molecule has 2 rings (SSSR count). The van der Waals surface area contributed by atoms with Gasteiger partial charge in [-0.1, -0.05) is 0 Å². The van der Waals surface area contributed by atoms with Crippen LogP contribution in [0.3, 0.4) is 0 Å². The third-order valence-corrected chi connectivity index (χ3v) is 2.03. The van der Waals surface area contributed by atoms with Crippen molar-refractivity contribution in [2.24, 2.45) is 5.73 Å². The summed E-state index contributed by atoms with van der Waals surface area (Å²) >= 11 is 0. The fourth-order valence-electron chi connectivity index (χ4n) is 1.14. The van der Waals surface area contributed by atoms with Gasteiger partial charge in [-0.15, -0.1) is 0 Å². The Balaban J connectivity index is 2.04. The van der Waals surface area contributed by atoms with E-state index in [1.165, 1.54) is 5.56 Å². The number of rotatable bonds is 2. The molecule has 0 saturated heterocycles. The van der Waals surface area contributed by atoms with Crippen LogP contribution in [0.5, 0.6) is 0 Å². The molecule has 0 bridgehead atoms. The minimum Gasteiger partial charge on any atom is -0.472 e. The van der Waals surface area contributed by atoms with E-state index in [-0.39, 0.29) is 5.54 Å². The second-order valence-electron chi connectivity index (χ2n) is 3.17. The molecule has 0 amide bonds. The fraction of sp³-hybridized carbons (Fsp3) is 0.500. The molecule has 1 aromatic rings. The average molecular weight is 137 g/mol. The molecule has 1 aromatic heterocycles. The highest BCUT2D eigenvalue weighted by Crippen LogP contribution is 2.35. The Morgan fingerprint density at radius 1 is 1.60 bits per heavy atom. The van der Waals surface area contributed by atoms with Crippen molar-refractivity contribution in [3.8, 4) is 0 Å². The molecule has 1 saturated carbocycles. The van der Waals surface area contributed by atoms with Gasteiger partial charge in [0.15, 0.2) is 0 Å². The molecule has 0 spiro atoms. The van der Waals surface area contributed by atoms with Crippen LogP contribution in [0.2, 0.25) is 0 Å². The summed E-state index contributed by atoms with van der Waals surface area (Å²) in [5, 5.41) is 0. The Kier molecular flexibility index (Phi) is 1.11. The van der Waals surface area contributed by atoms with Gasteiger partial charge in [-0.25, -0.2) is 0 Å². The molecule has 2 N–H and O–H groups in total. The van der Waals surface area contributed by atoms with Crippen molar-refractivity contribution < 1.29 is 4.42 Å². The number of hydrogen-bond acceptors (Lipinski definition) is 2. The quantitative estimate of drug-likeness (QED) is 0.667. The standard InChI is InChI=1S/C8H11NO/c9-8(2-3-8)5-7-1-4-10-6-7/h1,4,6H,2-3,5,9H2. The maximum absolute atomic E-state index is 5.90. The molecular formula is C8H11NO. The van der Waals surface area contributed by atoms with Crippen molar-refractivity contribution >= 4 is 0 Å². The lowest BCUT2D eigenvalue weighted by Gasteiger charge is -2.03. The van der Waals surface area contributed by atoms with Crippen molar-refractivity contribution in [3.63, 3.8) is 0 Å². The molecule has 0 radical (unpaired) electrons. The first-order valence-corrected chi connectivity index (χ1v) is 3.58. The highest BCUT2D eigenvalue weighted by atomic mass is 16.3. The summed E-state index contributed by atoms with van der Waals surface area (Å²) in [6.07, 6.45) is 6.77. The third kappa shape index (κ3) is 1.07. The van der Waals surface area contributed by atoms with Gasteiger partial charge >= 0.3 is 0 Å². The van der Waals surface area contributed by atoms with Crippen LogP contribution in [-0.4, -0.2) is 5.54 Å². The molecular weight excluding hydrogens is 126 g/mol. The van der Waals surface area contributed by atoms with E-state index in [0.29, 0.717) is 0 Å². The summed E-state index contributed by atoms with van der Waals surface area (Å²) in [7, 11) is 0. The first-order chi connectivity index (χ1) is 4.79. The zero-order valence-electron chi connectivity index (χ0n) is 5.84. The Morgan fingerprint density at radius 3 is 2.90 bits per heavy atom. The monoisotopic (exact) mass is 137 g/mol. The van der Waals surface area contributed by atoms with Gasteiger partial charge in [0.1, 0.15) is 0 Å². The average Bonchev–Trinajstić information content (AvgIpc) is 2.47. The van der Waals surface area contributed by atoms with Crippen LogP contribution in [0.25, 0.3) is 0 Å². The van der Waals surface area contributed by atoms with Gasteiger partial charge in [-0.3, -0.25) is 0 Å². The third-order valence-electron chi connectivity index (χ3n) is 2.03. The summed E-state index contributed by atoms with van der Waals surface area (Å²) in [4.78, 5) is 0. The summed E-state index contributed by atoms with van der Waals surface area (Å²) in [6.45, 7) is 0. The van der Waals surface area contributed by atoms with Crippen LogP contribution < -0.4 is 5.73 Å². The maximum atomic E-state index is 5.90. The molecule has 1 heterocycles. The fourth-order valence-corrected chi connectivity index (χ4v) is 1.14. The molecule has 10 heavy (non-hydrogen) atoms. The van der Waals surface area contributed by atoms with E-state index in [2.05, 4.69) is 0 Å². The Labute approximate surface area is 60.0 Å². The smallest absolute Gasteiger partial charge is 0.0935 e. The second-order valence-corrected chi connectivity index (χ2v) is 3.17. The van der Waals surface area contributed by atoms with Crippen molar-refractivity contribution in [2.45, 2.75) is 24.8 Å². The SMILES string of the molecule is NC1(Cc2ccoc2)CC1. The lowest BCUT2D eigenvalue weighted by molar-refractivity contribution is 0.559. The number of hydrogen-bond donors (Lipinski definition) is 1. The molecule has 54 valence electrons. The maximum Gasteiger partial charge on any atom is 0.0935 e. The summed E-state index contributed by atoms with van der Waals surface area (Å²) < 4.78 is 4.93. The second kappa shape index (κ2) is 1.86. The van der Waals surface area contributed by atoms with Gasteiger partial charge in [0.2, 0.25) is 0 Å². The van der Waals surface area contributed by atoms with Crippen molar-refractivity contribution in [1.29, 1.82) is 0 Å². The van der Waals surface area contributed by atoms with Gasteiger partial charge < -0.3 is 10.2 Å². The van der Waals surface area contributed by atoms with Crippen LogP contribution in [0.4, 0.5) is 0 Å². The highest BCUT2D eigenvalue weighted by molar-refractivity contribution is 5.15. The Hall–Kier alpha value is -0.760. The summed E-state index contributed by atoms with van der Waals surface area (Å²) in [5.41, 5.74) is 7.23. The van der Waals surface area contributed by atoms with E-state index in [4.69, 9.17) is 10.2 Å². The van der Waals surface area contributed by atoms with E-state index in [1.54, 1.807) is 12.5 Å². The van der Waals surface area contributed by atoms with Crippen molar-refractivity contribution in [1.82, 2.24) is 0 Å². The first kappa shape index (κ1) is 5.98. The predicted molar refractivity (Wildman–Crippen MR) is 38.6 cm³/mol. The Morgan fingerprint density at radius 2 is 2.40 bits per heavy atom.